The fourth-order valence-electron chi connectivity index (χ4n) is 2.40. The molecule has 0 aliphatic carbocycles. The van der Waals surface area contributed by atoms with E-state index >= 15 is 0 Å². The fourth-order valence-corrected chi connectivity index (χ4v) is 2.57. The van der Waals surface area contributed by atoms with Crippen LogP contribution in [0.3, 0.4) is 0 Å². The number of halogens is 1. The van der Waals surface area contributed by atoms with Crippen molar-refractivity contribution < 1.29 is 24.6 Å². The Morgan fingerprint density at radius 2 is 1.72 bits per heavy atom. The van der Waals surface area contributed by atoms with E-state index in [2.05, 4.69) is 10.2 Å². The summed E-state index contributed by atoms with van der Waals surface area (Å²) in [7, 11) is 0. The first-order valence-electron chi connectivity index (χ1n) is 8.04. The Bertz CT molecular complexity index is 603. The van der Waals surface area contributed by atoms with Crippen molar-refractivity contribution in [1.29, 1.82) is 0 Å². The molecule has 1 saturated heterocycles. The first-order valence-corrected chi connectivity index (χ1v) is 8.42. The van der Waals surface area contributed by atoms with Crippen molar-refractivity contribution in [2.45, 2.75) is 32.6 Å². The maximum atomic E-state index is 11.9. The van der Waals surface area contributed by atoms with E-state index in [0.717, 1.165) is 30.9 Å². The van der Waals surface area contributed by atoms with Crippen molar-refractivity contribution in [3.8, 4) is 0 Å². The number of aliphatic carboxylic acids is 2. The van der Waals surface area contributed by atoms with Crippen molar-refractivity contribution in [3.05, 3.63) is 28.8 Å². The summed E-state index contributed by atoms with van der Waals surface area (Å²) in [5.74, 6) is -3.58. The van der Waals surface area contributed by atoms with E-state index in [4.69, 9.17) is 31.4 Å². The van der Waals surface area contributed by atoms with Gasteiger partial charge in [-0.05, 0) is 50.6 Å². The average Bonchev–Trinajstić information content (AvgIpc) is 2.58. The number of rotatable bonds is 4. The number of nitrogens with zero attached hydrogens (tertiary/aromatic N) is 1. The van der Waals surface area contributed by atoms with Gasteiger partial charge >= 0.3 is 11.9 Å². The van der Waals surface area contributed by atoms with Crippen LogP contribution in [-0.2, 0) is 14.4 Å². The SMILES string of the molecule is Cc1c(Cl)cccc1NC(=O)CCN1CCCCC1.O=C(O)C(=O)O. The molecule has 3 N–H and O–H groups in total. The van der Waals surface area contributed by atoms with Crippen LogP contribution in [0.1, 0.15) is 31.2 Å². The number of amides is 1. The van der Waals surface area contributed by atoms with Gasteiger partial charge in [0.15, 0.2) is 0 Å². The number of piperidine rings is 1. The number of carboxylic acids is 2. The van der Waals surface area contributed by atoms with Gasteiger partial charge in [-0.1, -0.05) is 24.1 Å². The van der Waals surface area contributed by atoms with Gasteiger partial charge in [-0.2, -0.15) is 0 Å². The zero-order valence-electron chi connectivity index (χ0n) is 14.1. The Labute approximate surface area is 151 Å². The molecule has 1 fully saturated rings. The number of carboxylic acid groups (broad SMARTS) is 2. The Morgan fingerprint density at radius 3 is 2.28 bits per heavy atom. The van der Waals surface area contributed by atoms with Crippen molar-refractivity contribution >= 4 is 35.1 Å². The van der Waals surface area contributed by atoms with E-state index in [0.29, 0.717) is 11.4 Å². The smallest absolute Gasteiger partial charge is 0.414 e. The second-order valence-electron chi connectivity index (χ2n) is 5.72. The quantitative estimate of drug-likeness (QED) is 0.703. The molecular formula is C17H23ClN2O5. The van der Waals surface area contributed by atoms with Crippen molar-refractivity contribution in [3.63, 3.8) is 0 Å². The van der Waals surface area contributed by atoms with E-state index in [9.17, 15) is 4.79 Å². The van der Waals surface area contributed by atoms with Crippen molar-refractivity contribution in [1.82, 2.24) is 4.90 Å². The van der Waals surface area contributed by atoms with E-state index in [1.165, 1.54) is 19.3 Å². The van der Waals surface area contributed by atoms with Gasteiger partial charge in [-0.25, -0.2) is 9.59 Å². The molecule has 0 radical (unpaired) electrons. The summed E-state index contributed by atoms with van der Waals surface area (Å²) < 4.78 is 0. The molecule has 0 saturated carbocycles. The summed E-state index contributed by atoms with van der Waals surface area (Å²) in [5, 5.41) is 18.4. The van der Waals surface area contributed by atoms with Crippen LogP contribution in [0.25, 0.3) is 0 Å². The molecule has 1 heterocycles. The molecule has 138 valence electrons. The number of benzene rings is 1. The first kappa shape index (κ1) is 20.9. The number of carbonyl (C=O) groups is 3. The van der Waals surface area contributed by atoms with Crippen LogP contribution in [0.2, 0.25) is 5.02 Å². The summed E-state index contributed by atoms with van der Waals surface area (Å²) in [6.07, 6.45) is 4.39. The number of hydrogen-bond acceptors (Lipinski definition) is 4. The summed E-state index contributed by atoms with van der Waals surface area (Å²) in [5.41, 5.74) is 1.74. The lowest BCUT2D eigenvalue weighted by Gasteiger charge is -2.26. The molecule has 0 aromatic heterocycles. The summed E-state index contributed by atoms with van der Waals surface area (Å²) in [4.78, 5) is 32.5. The molecule has 0 bridgehead atoms. The molecule has 1 aliphatic heterocycles. The topological polar surface area (TPSA) is 107 Å². The van der Waals surface area contributed by atoms with Crippen LogP contribution in [0.4, 0.5) is 5.69 Å². The number of anilines is 1. The molecule has 1 amide bonds. The third-order valence-electron chi connectivity index (χ3n) is 3.83. The largest absolute Gasteiger partial charge is 0.473 e. The van der Waals surface area contributed by atoms with Crippen LogP contribution < -0.4 is 5.32 Å². The predicted molar refractivity (Wildman–Crippen MR) is 95.0 cm³/mol. The highest BCUT2D eigenvalue weighted by Crippen LogP contribution is 2.23. The zero-order valence-corrected chi connectivity index (χ0v) is 14.9. The molecule has 0 atom stereocenters. The van der Waals surface area contributed by atoms with Crippen molar-refractivity contribution in [2.24, 2.45) is 0 Å². The van der Waals surface area contributed by atoms with E-state index in [1.54, 1.807) is 0 Å². The van der Waals surface area contributed by atoms with Gasteiger partial charge in [0.1, 0.15) is 0 Å². The minimum atomic E-state index is -1.82. The van der Waals surface area contributed by atoms with Gasteiger partial charge in [0, 0.05) is 23.7 Å². The Morgan fingerprint density at radius 1 is 1.12 bits per heavy atom. The lowest BCUT2D eigenvalue weighted by Crippen LogP contribution is -2.32. The Kier molecular flexibility index (Phi) is 8.94. The number of likely N-dealkylation sites (tertiary alicyclic amines) is 1. The summed E-state index contributed by atoms with van der Waals surface area (Å²) in [6.45, 7) is 5.03. The van der Waals surface area contributed by atoms with Crippen LogP contribution in [0.5, 0.6) is 0 Å². The highest BCUT2D eigenvalue weighted by atomic mass is 35.5. The Hall–Kier alpha value is -2.12. The zero-order chi connectivity index (χ0) is 18.8. The second kappa shape index (κ2) is 10.7. The first-order chi connectivity index (χ1) is 11.8. The monoisotopic (exact) mass is 370 g/mol. The third-order valence-corrected chi connectivity index (χ3v) is 4.24. The number of hydrogen-bond donors (Lipinski definition) is 3. The molecular weight excluding hydrogens is 348 g/mol. The molecule has 8 heteroatoms. The van der Waals surface area contributed by atoms with Crippen LogP contribution in [-0.4, -0.2) is 52.6 Å². The van der Waals surface area contributed by atoms with Crippen molar-refractivity contribution in [2.75, 3.05) is 25.0 Å². The van der Waals surface area contributed by atoms with E-state index < -0.39 is 11.9 Å². The minimum Gasteiger partial charge on any atom is -0.473 e. The van der Waals surface area contributed by atoms with Gasteiger partial charge < -0.3 is 20.4 Å². The Balaban J connectivity index is 0.000000450. The summed E-state index contributed by atoms with van der Waals surface area (Å²) >= 11 is 6.04. The molecule has 1 aromatic rings. The number of carbonyl (C=O) groups excluding carboxylic acids is 1. The molecule has 0 spiro atoms. The third kappa shape index (κ3) is 8.00. The molecule has 25 heavy (non-hydrogen) atoms. The van der Waals surface area contributed by atoms with Crippen LogP contribution in [0.15, 0.2) is 18.2 Å². The highest BCUT2D eigenvalue weighted by molar-refractivity contribution is 6.31. The fraction of sp³-hybridized carbons (Fsp3) is 0.471. The van der Waals surface area contributed by atoms with Gasteiger partial charge in [-0.3, -0.25) is 4.79 Å². The van der Waals surface area contributed by atoms with Gasteiger partial charge in [0.2, 0.25) is 5.91 Å². The molecule has 7 nitrogen and oxygen atoms in total. The average molecular weight is 371 g/mol. The molecule has 1 aromatic carbocycles. The molecule has 2 rings (SSSR count). The second-order valence-corrected chi connectivity index (χ2v) is 6.13. The van der Waals surface area contributed by atoms with Crippen LogP contribution in [0, 0.1) is 6.92 Å². The predicted octanol–water partition coefficient (Wildman–Crippen LogP) is 2.62. The standard InChI is InChI=1S/C15H21ClN2O.C2H2O4/c1-12-13(16)6-5-7-14(12)17-15(19)8-11-18-9-3-2-4-10-18;3-1(4)2(5)6/h5-7H,2-4,8-11H2,1H3,(H,17,19);(H,3,4)(H,5,6). The maximum absolute atomic E-state index is 11.9. The highest BCUT2D eigenvalue weighted by Gasteiger charge is 2.12. The van der Waals surface area contributed by atoms with Gasteiger partial charge in [-0.15, -0.1) is 0 Å². The lowest BCUT2D eigenvalue weighted by atomic mass is 10.1. The number of nitrogens with one attached hydrogen (secondary N) is 1. The van der Waals surface area contributed by atoms with Gasteiger partial charge in [0.25, 0.3) is 0 Å². The molecule has 1 aliphatic rings. The van der Waals surface area contributed by atoms with E-state index in [1.807, 2.05) is 25.1 Å². The normalized spacial score (nSPS) is 14.2. The maximum Gasteiger partial charge on any atom is 0.414 e. The van der Waals surface area contributed by atoms with Crippen LogP contribution >= 0.6 is 11.6 Å². The molecule has 0 unspecified atom stereocenters. The lowest BCUT2D eigenvalue weighted by molar-refractivity contribution is -0.159. The van der Waals surface area contributed by atoms with Gasteiger partial charge in [0.05, 0.1) is 0 Å². The summed E-state index contributed by atoms with van der Waals surface area (Å²) in [6, 6.07) is 5.58. The minimum absolute atomic E-state index is 0.0657. The van der Waals surface area contributed by atoms with E-state index in [-0.39, 0.29) is 5.91 Å².